The maximum Gasteiger partial charge on any atom is 0.0476 e. The predicted molar refractivity (Wildman–Crippen MR) is 52.5 cm³/mol. The highest BCUT2D eigenvalue weighted by Gasteiger charge is 2.44. The van der Waals surface area contributed by atoms with E-state index in [2.05, 4.69) is 19.6 Å². The lowest BCUT2D eigenvalue weighted by Gasteiger charge is -2.32. The minimum absolute atomic E-state index is 0.778. The third-order valence-electron chi connectivity index (χ3n) is 3.85. The normalized spacial score (nSPS) is 43.4. The van der Waals surface area contributed by atoms with Gasteiger partial charge in [0.25, 0.3) is 0 Å². The van der Waals surface area contributed by atoms with E-state index in [1.54, 1.807) is 25.7 Å². The molecule has 1 heteroatoms. The van der Waals surface area contributed by atoms with Crippen LogP contribution in [0.2, 0.25) is 25.2 Å². The van der Waals surface area contributed by atoms with Crippen molar-refractivity contribution in [3.63, 3.8) is 0 Å². The van der Waals surface area contributed by atoms with Crippen LogP contribution in [-0.4, -0.2) is 8.07 Å². The maximum atomic E-state index is 2.55. The van der Waals surface area contributed by atoms with Crippen molar-refractivity contribution in [3.05, 3.63) is 0 Å². The van der Waals surface area contributed by atoms with Crippen molar-refractivity contribution in [2.24, 2.45) is 11.8 Å². The molecule has 2 fully saturated rings. The number of fused-ring (bicyclic) bond motifs is 2. The van der Waals surface area contributed by atoms with E-state index in [4.69, 9.17) is 0 Å². The standard InChI is InChI=1S/C10H20Si/c1-11(2,3)10-7-8-4-5-9(10)6-8/h8-10H,4-7H2,1-3H3/t8-,9+,10-/m1/s1. The van der Waals surface area contributed by atoms with Gasteiger partial charge in [-0.25, -0.2) is 0 Å². The molecule has 0 unspecified atom stereocenters. The van der Waals surface area contributed by atoms with Gasteiger partial charge in [0.15, 0.2) is 0 Å². The first-order valence-corrected chi connectivity index (χ1v) is 8.65. The predicted octanol–water partition coefficient (Wildman–Crippen LogP) is 3.51. The number of hydrogen-bond acceptors (Lipinski definition) is 0. The summed E-state index contributed by atoms with van der Waals surface area (Å²) in [5.41, 5.74) is 1.18. The quantitative estimate of drug-likeness (QED) is 0.526. The van der Waals surface area contributed by atoms with E-state index < -0.39 is 8.07 Å². The molecule has 64 valence electrons. The molecule has 11 heavy (non-hydrogen) atoms. The number of hydrogen-bond donors (Lipinski definition) is 0. The van der Waals surface area contributed by atoms with Crippen LogP contribution in [0.25, 0.3) is 0 Å². The van der Waals surface area contributed by atoms with Crippen LogP contribution in [0.4, 0.5) is 0 Å². The Morgan fingerprint density at radius 1 is 1.00 bits per heavy atom. The summed E-state index contributed by atoms with van der Waals surface area (Å²) < 4.78 is 0. The third kappa shape index (κ3) is 1.28. The van der Waals surface area contributed by atoms with E-state index in [0.717, 1.165) is 11.8 Å². The van der Waals surface area contributed by atoms with Gasteiger partial charge in [0.05, 0.1) is 0 Å². The van der Waals surface area contributed by atoms with Crippen molar-refractivity contribution in [2.75, 3.05) is 0 Å². The fraction of sp³-hybridized carbons (Fsp3) is 1.00. The molecule has 0 nitrogen and oxygen atoms in total. The first-order chi connectivity index (χ1) is 5.07. The summed E-state index contributed by atoms with van der Waals surface area (Å²) >= 11 is 0. The molecule has 2 bridgehead atoms. The molecule has 0 aromatic heterocycles. The highest BCUT2D eigenvalue weighted by molar-refractivity contribution is 6.77. The molecule has 0 N–H and O–H groups in total. The molecule has 2 saturated carbocycles. The van der Waals surface area contributed by atoms with Crippen molar-refractivity contribution in [3.8, 4) is 0 Å². The lowest BCUT2D eigenvalue weighted by molar-refractivity contribution is 0.469. The van der Waals surface area contributed by atoms with Gasteiger partial charge in [0.2, 0.25) is 0 Å². The second kappa shape index (κ2) is 2.35. The molecule has 2 aliphatic rings. The van der Waals surface area contributed by atoms with Crippen LogP contribution in [0, 0.1) is 11.8 Å². The summed E-state index contributed by atoms with van der Waals surface area (Å²) in [6.45, 7) is 7.66. The van der Waals surface area contributed by atoms with E-state index >= 15 is 0 Å². The summed E-state index contributed by atoms with van der Waals surface area (Å²) in [7, 11) is -0.778. The van der Waals surface area contributed by atoms with Crippen LogP contribution in [0.1, 0.15) is 25.7 Å². The van der Waals surface area contributed by atoms with Gasteiger partial charge >= 0.3 is 0 Å². The second-order valence-electron chi connectivity index (χ2n) is 5.65. The van der Waals surface area contributed by atoms with Crippen LogP contribution in [0.15, 0.2) is 0 Å². The molecule has 0 amide bonds. The summed E-state index contributed by atoms with van der Waals surface area (Å²) in [5.74, 6) is 2.31. The van der Waals surface area contributed by atoms with Crippen LogP contribution in [0.3, 0.4) is 0 Å². The Morgan fingerprint density at radius 3 is 2.00 bits per heavy atom. The van der Waals surface area contributed by atoms with Crippen LogP contribution < -0.4 is 0 Å². The Hall–Kier alpha value is 0.217. The SMILES string of the molecule is C[Si](C)(C)[C@@H]1C[C@@H]2CC[C@H]1C2. The van der Waals surface area contributed by atoms with E-state index in [0.29, 0.717) is 0 Å². The van der Waals surface area contributed by atoms with Gasteiger partial charge in [-0.15, -0.1) is 0 Å². The summed E-state index contributed by atoms with van der Waals surface area (Å²) in [6, 6.07) is 0. The first-order valence-electron chi connectivity index (χ1n) is 5.07. The Bertz CT molecular complexity index is 157. The Kier molecular flexibility index (Phi) is 1.68. The molecule has 2 aliphatic carbocycles. The van der Waals surface area contributed by atoms with Crippen molar-refractivity contribution in [2.45, 2.75) is 50.9 Å². The largest absolute Gasteiger partial charge is 0.0693 e. The van der Waals surface area contributed by atoms with E-state index in [9.17, 15) is 0 Å². The molecule has 0 aliphatic heterocycles. The molecule has 0 aromatic carbocycles. The van der Waals surface area contributed by atoms with Crippen LogP contribution >= 0.6 is 0 Å². The second-order valence-corrected chi connectivity index (χ2v) is 11.1. The Labute approximate surface area is 71.4 Å². The van der Waals surface area contributed by atoms with Gasteiger partial charge in [0, 0.05) is 8.07 Å². The van der Waals surface area contributed by atoms with Crippen LogP contribution in [-0.2, 0) is 0 Å². The Morgan fingerprint density at radius 2 is 1.73 bits per heavy atom. The molecule has 0 aromatic rings. The third-order valence-corrected chi connectivity index (χ3v) is 6.78. The molecular formula is C10H20Si. The van der Waals surface area contributed by atoms with Crippen molar-refractivity contribution >= 4 is 8.07 Å². The van der Waals surface area contributed by atoms with Crippen LogP contribution in [0.5, 0.6) is 0 Å². The van der Waals surface area contributed by atoms with Gasteiger partial charge in [-0.1, -0.05) is 32.5 Å². The zero-order valence-corrected chi connectivity index (χ0v) is 9.06. The fourth-order valence-electron chi connectivity index (χ4n) is 3.31. The highest BCUT2D eigenvalue weighted by Crippen LogP contribution is 2.55. The fourth-order valence-corrected chi connectivity index (χ4v) is 6.06. The molecule has 0 heterocycles. The molecule has 0 saturated heterocycles. The monoisotopic (exact) mass is 168 g/mol. The summed E-state index contributed by atoms with van der Waals surface area (Å²) in [5, 5.41) is 0. The average molecular weight is 168 g/mol. The molecule has 2 rings (SSSR count). The van der Waals surface area contributed by atoms with Crippen molar-refractivity contribution in [1.29, 1.82) is 0 Å². The molecule has 0 radical (unpaired) electrons. The minimum Gasteiger partial charge on any atom is -0.0693 e. The van der Waals surface area contributed by atoms with E-state index in [1.807, 2.05) is 0 Å². The van der Waals surface area contributed by atoms with E-state index in [-0.39, 0.29) is 0 Å². The van der Waals surface area contributed by atoms with Gasteiger partial charge in [-0.2, -0.15) is 0 Å². The topological polar surface area (TPSA) is 0 Å². The van der Waals surface area contributed by atoms with Crippen molar-refractivity contribution < 1.29 is 0 Å². The minimum atomic E-state index is -0.778. The smallest absolute Gasteiger partial charge is 0.0476 e. The van der Waals surface area contributed by atoms with E-state index in [1.165, 1.54) is 5.54 Å². The zero-order valence-electron chi connectivity index (χ0n) is 8.06. The molecular weight excluding hydrogens is 148 g/mol. The lowest BCUT2D eigenvalue weighted by Crippen LogP contribution is -2.31. The average Bonchev–Trinajstić information content (AvgIpc) is 2.42. The van der Waals surface area contributed by atoms with Crippen molar-refractivity contribution in [1.82, 2.24) is 0 Å². The molecule has 3 atom stereocenters. The number of rotatable bonds is 1. The Balaban J connectivity index is 2.08. The van der Waals surface area contributed by atoms with Gasteiger partial charge in [-0.05, 0) is 30.2 Å². The summed E-state index contributed by atoms with van der Waals surface area (Å²) in [4.78, 5) is 0. The maximum absolute atomic E-state index is 2.55. The lowest BCUT2D eigenvalue weighted by atomic mass is 10.0. The van der Waals surface area contributed by atoms with Gasteiger partial charge in [0.1, 0.15) is 0 Å². The van der Waals surface area contributed by atoms with Gasteiger partial charge in [-0.3, -0.25) is 0 Å². The highest BCUT2D eigenvalue weighted by atomic mass is 28.3. The first kappa shape index (κ1) is 7.84. The van der Waals surface area contributed by atoms with Gasteiger partial charge < -0.3 is 0 Å². The zero-order chi connectivity index (χ0) is 8.06. The summed E-state index contributed by atoms with van der Waals surface area (Å²) in [6.07, 6.45) is 6.32. The molecule has 0 spiro atoms.